The van der Waals surface area contributed by atoms with Gasteiger partial charge in [-0.1, -0.05) is 25.4 Å². The molecule has 0 aliphatic rings. The fourth-order valence-corrected chi connectivity index (χ4v) is 1.74. The molecule has 0 aromatic heterocycles. The summed E-state index contributed by atoms with van der Waals surface area (Å²) in [5, 5.41) is 13.7. The molecule has 0 aliphatic carbocycles. The van der Waals surface area contributed by atoms with E-state index < -0.39 is 6.10 Å². The fourth-order valence-electron chi connectivity index (χ4n) is 1.62. The van der Waals surface area contributed by atoms with Crippen LogP contribution >= 0.6 is 11.6 Å². The van der Waals surface area contributed by atoms with Crippen LogP contribution in [0.2, 0.25) is 5.02 Å². The molecule has 1 aromatic carbocycles. The molecule has 3 nitrogen and oxygen atoms in total. The Kier molecular flexibility index (Phi) is 7.21. The number of hydrogen-bond acceptors (Lipinski definition) is 3. The smallest absolute Gasteiger partial charge is 0.119 e. The minimum Gasteiger partial charge on any atom is -0.491 e. The number of aryl methyl sites for hydroxylation is 1. The van der Waals surface area contributed by atoms with Gasteiger partial charge in [-0.25, -0.2) is 0 Å². The van der Waals surface area contributed by atoms with Crippen LogP contribution in [0.25, 0.3) is 0 Å². The molecular weight excluding hydrogens is 262 g/mol. The summed E-state index contributed by atoms with van der Waals surface area (Å²) in [6, 6.07) is 5.50. The molecule has 1 unspecified atom stereocenters. The van der Waals surface area contributed by atoms with E-state index in [2.05, 4.69) is 19.2 Å². The lowest BCUT2D eigenvalue weighted by Crippen LogP contribution is -2.32. The van der Waals surface area contributed by atoms with Gasteiger partial charge in [0.15, 0.2) is 0 Å². The summed E-state index contributed by atoms with van der Waals surface area (Å²) >= 11 is 5.94. The van der Waals surface area contributed by atoms with E-state index in [0.29, 0.717) is 12.5 Å². The molecule has 0 radical (unpaired) electrons. The molecule has 1 rings (SSSR count). The highest BCUT2D eigenvalue weighted by molar-refractivity contribution is 6.31. The molecule has 0 spiro atoms. The Hall–Kier alpha value is -0.770. The molecule has 2 N–H and O–H groups in total. The number of benzene rings is 1. The number of ether oxygens (including phenoxy) is 1. The molecule has 1 aromatic rings. The molecule has 1 atom stereocenters. The normalized spacial score (nSPS) is 12.7. The predicted molar refractivity (Wildman–Crippen MR) is 80.0 cm³/mol. The zero-order valence-corrected chi connectivity index (χ0v) is 12.7. The maximum absolute atomic E-state index is 9.79. The largest absolute Gasteiger partial charge is 0.491 e. The maximum Gasteiger partial charge on any atom is 0.119 e. The van der Waals surface area contributed by atoms with Crippen molar-refractivity contribution in [1.29, 1.82) is 0 Å². The Morgan fingerprint density at radius 3 is 2.74 bits per heavy atom. The molecular formula is C15H24ClNO2. The van der Waals surface area contributed by atoms with Crippen LogP contribution in [-0.2, 0) is 0 Å². The molecule has 0 heterocycles. The second-order valence-electron chi connectivity index (χ2n) is 5.26. The molecule has 0 aliphatic heterocycles. The van der Waals surface area contributed by atoms with Gasteiger partial charge in [0.05, 0.1) is 0 Å². The van der Waals surface area contributed by atoms with Crippen molar-refractivity contribution < 1.29 is 9.84 Å². The monoisotopic (exact) mass is 285 g/mol. The average molecular weight is 286 g/mol. The second kappa shape index (κ2) is 8.41. The Morgan fingerprint density at radius 1 is 1.37 bits per heavy atom. The van der Waals surface area contributed by atoms with E-state index in [0.717, 1.165) is 29.3 Å². The molecule has 0 fully saturated rings. The van der Waals surface area contributed by atoms with Crippen LogP contribution in [0.3, 0.4) is 0 Å². The van der Waals surface area contributed by atoms with Gasteiger partial charge in [0.2, 0.25) is 0 Å². The van der Waals surface area contributed by atoms with Gasteiger partial charge in [-0.15, -0.1) is 0 Å². The Balaban J connectivity index is 2.22. The summed E-state index contributed by atoms with van der Waals surface area (Å²) in [6.07, 6.45) is 0.618. The first-order valence-electron chi connectivity index (χ1n) is 6.76. The van der Waals surface area contributed by atoms with E-state index in [-0.39, 0.29) is 6.61 Å². The predicted octanol–water partition coefficient (Wildman–Crippen LogP) is 3.02. The van der Waals surface area contributed by atoms with Crippen LogP contribution in [-0.4, -0.2) is 30.9 Å². The topological polar surface area (TPSA) is 41.5 Å². The summed E-state index contributed by atoms with van der Waals surface area (Å²) in [6.45, 7) is 8.07. The summed E-state index contributed by atoms with van der Waals surface area (Å²) in [7, 11) is 0. The fraction of sp³-hybridized carbons (Fsp3) is 0.600. The van der Waals surface area contributed by atoms with E-state index in [1.165, 1.54) is 0 Å². The van der Waals surface area contributed by atoms with Crippen LogP contribution in [0, 0.1) is 12.8 Å². The highest BCUT2D eigenvalue weighted by Crippen LogP contribution is 2.20. The first-order valence-corrected chi connectivity index (χ1v) is 7.14. The first kappa shape index (κ1) is 16.3. The van der Waals surface area contributed by atoms with E-state index in [1.54, 1.807) is 6.07 Å². The number of rotatable bonds is 8. The first-order chi connectivity index (χ1) is 8.99. The number of halogens is 1. The van der Waals surface area contributed by atoms with Crippen LogP contribution in [0.1, 0.15) is 25.8 Å². The number of hydrogen-bond donors (Lipinski definition) is 2. The third-order valence-corrected chi connectivity index (χ3v) is 3.27. The van der Waals surface area contributed by atoms with Gasteiger partial charge in [0, 0.05) is 11.6 Å². The summed E-state index contributed by atoms with van der Waals surface area (Å²) in [4.78, 5) is 0. The Labute approximate surface area is 120 Å². The van der Waals surface area contributed by atoms with Gasteiger partial charge in [0.25, 0.3) is 0 Å². The van der Waals surface area contributed by atoms with Crippen molar-refractivity contribution in [3.63, 3.8) is 0 Å². The van der Waals surface area contributed by atoms with Crippen molar-refractivity contribution in [3.05, 3.63) is 28.8 Å². The van der Waals surface area contributed by atoms with E-state index >= 15 is 0 Å². The van der Waals surface area contributed by atoms with Crippen molar-refractivity contribution >= 4 is 11.6 Å². The molecule has 0 saturated carbocycles. The van der Waals surface area contributed by atoms with E-state index in [9.17, 15) is 5.11 Å². The minimum atomic E-state index is -0.497. The van der Waals surface area contributed by atoms with Gasteiger partial charge < -0.3 is 15.2 Å². The zero-order valence-electron chi connectivity index (χ0n) is 11.9. The van der Waals surface area contributed by atoms with Crippen molar-refractivity contribution in [2.45, 2.75) is 33.3 Å². The van der Waals surface area contributed by atoms with Crippen LogP contribution in [0.5, 0.6) is 5.75 Å². The second-order valence-corrected chi connectivity index (χ2v) is 5.67. The van der Waals surface area contributed by atoms with Crippen molar-refractivity contribution in [2.75, 3.05) is 19.7 Å². The lowest BCUT2D eigenvalue weighted by molar-refractivity contribution is 0.106. The number of aliphatic hydroxyl groups is 1. The van der Waals surface area contributed by atoms with Gasteiger partial charge >= 0.3 is 0 Å². The van der Waals surface area contributed by atoms with E-state index in [4.69, 9.17) is 16.3 Å². The molecule has 0 amide bonds. The summed E-state index contributed by atoms with van der Waals surface area (Å²) < 4.78 is 5.53. The lowest BCUT2D eigenvalue weighted by Gasteiger charge is -2.14. The Bertz CT molecular complexity index is 382. The SMILES string of the molecule is Cc1cc(OCC(O)CNCCC(C)C)ccc1Cl. The third-order valence-electron chi connectivity index (χ3n) is 2.85. The summed E-state index contributed by atoms with van der Waals surface area (Å²) in [5.41, 5.74) is 0.976. The third kappa shape index (κ3) is 6.81. The molecule has 4 heteroatoms. The molecule has 108 valence electrons. The number of aliphatic hydroxyl groups excluding tert-OH is 1. The van der Waals surface area contributed by atoms with Crippen LogP contribution in [0.15, 0.2) is 18.2 Å². The van der Waals surface area contributed by atoms with Crippen molar-refractivity contribution in [1.82, 2.24) is 5.32 Å². The zero-order chi connectivity index (χ0) is 14.3. The number of nitrogens with one attached hydrogen (secondary N) is 1. The molecule has 0 bridgehead atoms. The van der Waals surface area contributed by atoms with Gasteiger partial charge in [0.1, 0.15) is 18.5 Å². The quantitative estimate of drug-likeness (QED) is 0.722. The summed E-state index contributed by atoms with van der Waals surface area (Å²) in [5.74, 6) is 1.42. The molecule has 0 saturated heterocycles. The van der Waals surface area contributed by atoms with E-state index in [1.807, 2.05) is 19.1 Å². The van der Waals surface area contributed by atoms with Gasteiger partial charge in [-0.05, 0) is 49.6 Å². The van der Waals surface area contributed by atoms with Gasteiger partial charge in [-0.3, -0.25) is 0 Å². The van der Waals surface area contributed by atoms with Crippen molar-refractivity contribution in [2.24, 2.45) is 5.92 Å². The minimum absolute atomic E-state index is 0.287. The van der Waals surface area contributed by atoms with Crippen molar-refractivity contribution in [3.8, 4) is 5.75 Å². The lowest BCUT2D eigenvalue weighted by atomic mass is 10.1. The highest BCUT2D eigenvalue weighted by atomic mass is 35.5. The molecule has 19 heavy (non-hydrogen) atoms. The highest BCUT2D eigenvalue weighted by Gasteiger charge is 2.06. The van der Waals surface area contributed by atoms with Crippen LogP contribution in [0.4, 0.5) is 0 Å². The standard InChI is InChI=1S/C15H24ClNO2/c1-11(2)6-7-17-9-13(18)10-19-14-4-5-15(16)12(3)8-14/h4-5,8,11,13,17-18H,6-7,9-10H2,1-3H3. The Morgan fingerprint density at radius 2 is 2.11 bits per heavy atom. The van der Waals surface area contributed by atoms with Gasteiger partial charge in [-0.2, -0.15) is 0 Å². The average Bonchev–Trinajstić information content (AvgIpc) is 2.36. The maximum atomic E-state index is 9.79. The van der Waals surface area contributed by atoms with Crippen LogP contribution < -0.4 is 10.1 Å².